The molecular formula is C19H24N2. The fourth-order valence-electron chi connectivity index (χ4n) is 3.14. The van der Waals surface area contributed by atoms with Gasteiger partial charge in [-0.1, -0.05) is 49.4 Å². The van der Waals surface area contributed by atoms with Gasteiger partial charge < -0.3 is 10.6 Å². The number of fused-ring (bicyclic) bond motifs is 1. The van der Waals surface area contributed by atoms with Crippen LogP contribution >= 0.6 is 0 Å². The summed E-state index contributed by atoms with van der Waals surface area (Å²) in [6.07, 6.45) is 3.49. The Labute approximate surface area is 127 Å². The van der Waals surface area contributed by atoms with Crippen LogP contribution in [0.4, 0.5) is 5.69 Å². The Hall–Kier alpha value is -1.80. The minimum absolute atomic E-state index is 0.0714. The molecule has 0 radical (unpaired) electrons. The zero-order valence-electron chi connectivity index (χ0n) is 12.8. The molecule has 21 heavy (non-hydrogen) atoms. The zero-order valence-corrected chi connectivity index (χ0v) is 12.8. The standard InChI is InChI=1S/C19H24N2/c1-2-15-9-11-16(12-10-15)18(20)14-21-13-5-7-17-6-3-4-8-19(17)21/h3-4,6,8-12,18H,2,5,7,13-14,20H2,1H3. The third kappa shape index (κ3) is 3.11. The lowest BCUT2D eigenvalue weighted by atomic mass is 9.99. The lowest BCUT2D eigenvalue weighted by Gasteiger charge is -2.33. The number of para-hydroxylation sites is 1. The predicted octanol–water partition coefficient (Wildman–Crippen LogP) is 3.70. The van der Waals surface area contributed by atoms with E-state index in [0.29, 0.717) is 0 Å². The smallest absolute Gasteiger partial charge is 0.0473 e. The molecule has 1 atom stereocenters. The van der Waals surface area contributed by atoms with Gasteiger partial charge >= 0.3 is 0 Å². The first-order valence-corrected chi connectivity index (χ1v) is 7.95. The van der Waals surface area contributed by atoms with Crippen LogP contribution in [0.3, 0.4) is 0 Å². The molecule has 0 aliphatic carbocycles. The zero-order chi connectivity index (χ0) is 14.7. The van der Waals surface area contributed by atoms with E-state index in [-0.39, 0.29) is 6.04 Å². The molecule has 0 amide bonds. The van der Waals surface area contributed by atoms with Gasteiger partial charge in [-0.3, -0.25) is 0 Å². The molecule has 0 saturated heterocycles. The van der Waals surface area contributed by atoms with Gasteiger partial charge in [0.1, 0.15) is 0 Å². The third-order valence-electron chi connectivity index (χ3n) is 4.44. The second kappa shape index (κ2) is 6.31. The lowest BCUT2D eigenvalue weighted by molar-refractivity contribution is 0.625. The van der Waals surface area contributed by atoms with Crippen molar-refractivity contribution < 1.29 is 0 Å². The molecule has 2 aromatic carbocycles. The summed E-state index contributed by atoms with van der Waals surface area (Å²) >= 11 is 0. The van der Waals surface area contributed by atoms with Crippen LogP contribution in [0, 0.1) is 0 Å². The average Bonchev–Trinajstić information content (AvgIpc) is 2.55. The molecule has 1 heterocycles. The Balaban J connectivity index is 1.74. The summed E-state index contributed by atoms with van der Waals surface area (Å²) in [5.74, 6) is 0. The maximum atomic E-state index is 6.43. The van der Waals surface area contributed by atoms with Crippen molar-refractivity contribution in [1.29, 1.82) is 0 Å². The van der Waals surface area contributed by atoms with Gasteiger partial charge in [0.15, 0.2) is 0 Å². The van der Waals surface area contributed by atoms with Gasteiger partial charge in [-0.15, -0.1) is 0 Å². The summed E-state index contributed by atoms with van der Waals surface area (Å²) in [5.41, 5.74) is 11.9. The van der Waals surface area contributed by atoms with Crippen LogP contribution in [0.5, 0.6) is 0 Å². The van der Waals surface area contributed by atoms with Gasteiger partial charge in [-0.25, -0.2) is 0 Å². The van der Waals surface area contributed by atoms with Gasteiger partial charge in [-0.05, 0) is 42.0 Å². The van der Waals surface area contributed by atoms with Crippen molar-refractivity contribution in [3.05, 3.63) is 65.2 Å². The second-order valence-electron chi connectivity index (χ2n) is 5.88. The van der Waals surface area contributed by atoms with Crippen LogP contribution in [0.1, 0.15) is 36.1 Å². The van der Waals surface area contributed by atoms with Gasteiger partial charge in [0, 0.05) is 24.8 Å². The van der Waals surface area contributed by atoms with Crippen molar-refractivity contribution in [2.75, 3.05) is 18.0 Å². The highest BCUT2D eigenvalue weighted by Gasteiger charge is 2.18. The van der Waals surface area contributed by atoms with Crippen LogP contribution in [0.2, 0.25) is 0 Å². The number of nitrogens with zero attached hydrogens (tertiary/aromatic N) is 1. The van der Waals surface area contributed by atoms with Gasteiger partial charge in [0.2, 0.25) is 0 Å². The molecule has 1 aliphatic heterocycles. The first kappa shape index (κ1) is 14.2. The number of rotatable bonds is 4. The van der Waals surface area contributed by atoms with Gasteiger partial charge in [0.25, 0.3) is 0 Å². The number of benzene rings is 2. The Bertz CT molecular complexity index is 589. The van der Waals surface area contributed by atoms with E-state index in [0.717, 1.165) is 19.5 Å². The molecule has 1 unspecified atom stereocenters. The molecule has 1 aliphatic rings. The largest absolute Gasteiger partial charge is 0.369 e. The van der Waals surface area contributed by atoms with Crippen molar-refractivity contribution in [2.45, 2.75) is 32.2 Å². The molecular weight excluding hydrogens is 256 g/mol. The van der Waals surface area contributed by atoms with Gasteiger partial charge in [-0.2, -0.15) is 0 Å². The molecule has 0 saturated carbocycles. The highest BCUT2D eigenvalue weighted by atomic mass is 15.1. The second-order valence-corrected chi connectivity index (χ2v) is 5.88. The van der Waals surface area contributed by atoms with Crippen LogP contribution in [0.15, 0.2) is 48.5 Å². The molecule has 2 N–H and O–H groups in total. The van der Waals surface area contributed by atoms with Crippen molar-refractivity contribution in [1.82, 2.24) is 0 Å². The number of nitrogens with two attached hydrogens (primary N) is 1. The van der Waals surface area contributed by atoms with Crippen molar-refractivity contribution in [3.63, 3.8) is 0 Å². The van der Waals surface area contributed by atoms with Crippen molar-refractivity contribution in [3.8, 4) is 0 Å². The van der Waals surface area contributed by atoms with E-state index in [1.54, 1.807) is 0 Å². The topological polar surface area (TPSA) is 29.3 Å². The molecule has 2 heteroatoms. The Morgan fingerprint density at radius 3 is 2.62 bits per heavy atom. The molecule has 3 rings (SSSR count). The van der Waals surface area contributed by atoms with Crippen LogP contribution < -0.4 is 10.6 Å². The van der Waals surface area contributed by atoms with Crippen molar-refractivity contribution >= 4 is 5.69 Å². The summed E-state index contributed by atoms with van der Waals surface area (Å²) in [4.78, 5) is 2.44. The molecule has 2 nitrogen and oxygen atoms in total. The van der Waals surface area contributed by atoms with E-state index in [4.69, 9.17) is 5.73 Å². The fraction of sp³-hybridized carbons (Fsp3) is 0.368. The normalized spacial score (nSPS) is 15.6. The quantitative estimate of drug-likeness (QED) is 0.925. The minimum atomic E-state index is 0.0714. The maximum absolute atomic E-state index is 6.43. The summed E-state index contributed by atoms with van der Waals surface area (Å²) in [7, 11) is 0. The number of hydrogen-bond donors (Lipinski definition) is 1. The summed E-state index contributed by atoms with van der Waals surface area (Å²) in [6, 6.07) is 17.5. The maximum Gasteiger partial charge on any atom is 0.0473 e. The predicted molar refractivity (Wildman–Crippen MR) is 89.7 cm³/mol. The molecule has 0 spiro atoms. The summed E-state index contributed by atoms with van der Waals surface area (Å²) in [5, 5.41) is 0. The van der Waals surface area contributed by atoms with Crippen LogP contribution in [0.25, 0.3) is 0 Å². The van der Waals surface area contributed by atoms with Crippen LogP contribution in [-0.4, -0.2) is 13.1 Å². The van der Waals surface area contributed by atoms with E-state index in [1.165, 1.54) is 35.2 Å². The Morgan fingerprint density at radius 1 is 1.10 bits per heavy atom. The minimum Gasteiger partial charge on any atom is -0.369 e. The monoisotopic (exact) mass is 280 g/mol. The molecule has 2 aromatic rings. The lowest BCUT2D eigenvalue weighted by Crippen LogP contribution is -2.35. The number of hydrogen-bond acceptors (Lipinski definition) is 2. The molecule has 110 valence electrons. The van der Waals surface area contributed by atoms with Gasteiger partial charge in [0.05, 0.1) is 0 Å². The van der Waals surface area contributed by atoms with Crippen molar-refractivity contribution in [2.24, 2.45) is 5.73 Å². The molecule has 0 fully saturated rings. The van der Waals surface area contributed by atoms with E-state index >= 15 is 0 Å². The molecule has 0 bridgehead atoms. The fourth-order valence-corrected chi connectivity index (χ4v) is 3.14. The highest BCUT2D eigenvalue weighted by molar-refractivity contribution is 5.55. The first-order chi connectivity index (χ1) is 10.3. The van der Waals surface area contributed by atoms with Crippen LogP contribution in [-0.2, 0) is 12.8 Å². The van der Waals surface area contributed by atoms with E-state index in [2.05, 4.69) is 60.4 Å². The summed E-state index contributed by atoms with van der Waals surface area (Å²) < 4.78 is 0. The Kier molecular flexibility index (Phi) is 4.26. The first-order valence-electron chi connectivity index (χ1n) is 7.95. The third-order valence-corrected chi connectivity index (χ3v) is 4.44. The average molecular weight is 280 g/mol. The number of anilines is 1. The van der Waals surface area contributed by atoms with E-state index < -0.39 is 0 Å². The van der Waals surface area contributed by atoms with E-state index in [1.807, 2.05) is 0 Å². The SMILES string of the molecule is CCc1ccc(C(N)CN2CCCc3ccccc32)cc1. The van der Waals surface area contributed by atoms with E-state index in [9.17, 15) is 0 Å². The summed E-state index contributed by atoms with van der Waals surface area (Å²) in [6.45, 7) is 4.18. The molecule has 0 aromatic heterocycles. The number of aryl methyl sites for hydroxylation is 2. The Morgan fingerprint density at radius 2 is 1.86 bits per heavy atom. The highest BCUT2D eigenvalue weighted by Crippen LogP contribution is 2.28.